The number of hydrogen-bond donors (Lipinski definition) is 1. The van der Waals surface area contributed by atoms with Gasteiger partial charge in [-0.25, -0.2) is 0 Å². The molecule has 0 heterocycles. The molecule has 15 heavy (non-hydrogen) atoms. The highest BCUT2D eigenvalue weighted by Crippen LogP contribution is 2.34. The third-order valence-electron chi connectivity index (χ3n) is 3.28. The molecule has 0 aliphatic heterocycles. The summed E-state index contributed by atoms with van der Waals surface area (Å²) >= 11 is 11.9. The van der Waals surface area contributed by atoms with Gasteiger partial charge in [-0.05, 0) is 30.5 Å². The maximum absolute atomic E-state index is 6.02. The molecular weight excluding hydrogens is 229 g/mol. The van der Waals surface area contributed by atoms with E-state index in [9.17, 15) is 0 Å². The van der Waals surface area contributed by atoms with Crippen LogP contribution in [-0.2, 0) is 5.41 Å². The van der Waals surface area contributed by atoms with Gasteiger partial charge in [0.15, 0.2) is 0 Å². The Hall–Kier alpha value is -0.240. The van der Waals surface area contributed by atoms with Crippen molar-refractivity contribution in [3.8, 4) is 0 Å². The fourth-order valence-corrected chi connectivity index (χ4v) is 2.19. The fourth-order valence-electron chi connectivity index (χ4n) is 1.89. The van der Waals surface area contributed by atoms with Gasteiger partial charge in [-0.3, -0.25) is 0 Å². The maximum Gasteiger partial charge on any atom is 0.0595 e. The maximum atomic E-state index is 6.02. The molecule has 0 bridgehead atoms. The first kappa shape index (κ1) is 12.8. The van der Waals surface area contributed by atoms with E-state index in [0.29, 0.717) is 16.6 Å². The van der Waals surface area contributed by atoms with Crippen LogP contribution in [0, 0.1) is 0 Å². The normalized spacial score (nSPS) is 11.8. The molecule has 0 aromatic heterocycles. The van der Waals surface area contributed by atoms with E-state index in [-0.39, 0.29) is 5.41 Å². The van der Waals surface area contributed by atoms with E-state index in [0.717, 1.165) is 12.8 Å². The predicted octanol–water partition coefficient (Wildman–Crippen LogP) is 4.01. The van der Waals surface area contributed by atoms with Gasteiger partial charge in [0.1, 0.15) is 0 Å². The van der Waals surface area contributed by atoms with E-state index in [1.165, 1.54) is 5.56 Å². The summed E-state index contributed by atoms with van der Waals surface area (Å²) in [5, 5.41) is 1.20. The van der Waals surface area contributed by atoms with Crippen molar-refractivity contribution in [3.05, 3.63) is 33.8 Å². The van der Waals surface area contributed by atoms with Gasteiger partial charge >= 0.3 is 0 Å². The van der Waals surface area contributed by atoms with Crippen LogP contribution in [-0.4, -0.2) is 6.54 Å². The molecule has 0 unspecified atom stereocenters. The Morgan fingerprint density at radius 3 is 2.13 bits per heavy atom. The highest BCUT2D eigenvalue weighted by molar-refractivity contribution is 6.42. The number of hydrogen-bond acceptors (Lipinski definition) is 1. The molecule has 0 spiro atoms. The molecule has 1 rings (SSSR count). The van der Waals surface area contributed by atoms with Crippen molar-refractivity contribution >= 4 is 23.2 Å². The lowest BCUT2D eigenvalue weighted by Crippen LogP contribution is -2.33. The summed E-state index contributed by atoms with van der Waals surface area (Å²) in [5.41, 5.74) is 7.09. The van der Waals surface area contributed by atoms with Crippen molar-refractivity contribution in [2.45, 2.75) is 32.1 Å². The Balaban J connectivity index is 3.17. The van der Waals surface area contributed by atoms with Crippen molar-refractivity contribution in [3.63, 3.8) is 0 Å². The molecule has 0 fully saturated rings. The molecule has 0 saturated heterocycles. The molecule has 84 valence electrons. The topological polar surface area (TPSA) is 26.0 Å². The molecule has 1 aromatic rings. The lowest BCUT2D eigenvalue weighted by atomic mass is 9.76. The second-order valence-corrected chi connectivity index (χ2v) is 4.63. The van der Waals surface area contributed by atoms with Crippen molar-refractivity contribution < 1.29 is 0 Å². The number of benzene rings is 1. The average Bonchev–Trinajstić information content (AvgIpc) is 2.26. The number of halogens is 2. The first-order valence-electron chi connectivity index (χ1n) is 5.25. The first-order chi connectivity index (χ1) is 7.09. The monoisotopic (exact) mass is 245 g/mol. The van der Waals surface area contributed by atoms with Gasteiger partial charge < -0.3 is 5.73 Å². The Morgan fingerprint density at radius 1 is 1.13 bits per heavy atom. The van der Waals surface area contributed by atoms with Crippen LogP contribution in [0.4, 0.5) is 0 Å². The quantitative estimate of drug-likeness (QED) is 0.853. The standard InChI is InChI=1S/C12H17Cl2N/c1-3-12(4-2,8-15)9-5-6-10(13)11(14)7-9/h5-7H,3-4,8,15H2,1-2H3. The summed E-state index contributed by atoms with van der Waals surface area (Å²) in [6.07, 6.45) is 2.02. The van der Waals surface area contributed by atoms with Crippen LogP contribution in [0.1, 0.15) is 32.3 Å². The summed E-state index contributed by atoms with van der Waals surface area (Å²) in [7, 11) is 0. The zero-order valence-corrected chi connectivity index (χ0v) is 10.7. The average molecular weight is 246 g/mol. The Kier molecular flexibility index (Phi) is 4.45. The van der Waals surface area contributed by atoms with Crippen LogP contribution in [0.25, 0.3) is 0 Å². The van der Waals surface area contributed by atoms with Crippen LogP contribution in [0.5, 0.6) is 0 Å². The van der Waals surface area contributed by atoms with E-state index in [1.54, 1.807) is 0 Å². The SMILES string of the molecule is CCC(CC)(CN)c1ccc(Cl)c(Cl)c1. The van der Waals surface area contributed by atoms with Crippen LogP contribution >= 0.6 is 23.2 Å². The van der Waals surface area contributed by atoms with Gasteiger partial charge in [0.25, 0.3) is 0 Å². The summed E-state index contributed by atoms with van der Waals surface area (Å²) in [6.45, 7) is 4.94. The molecule has 0 saturated carbocycles. The van der Waals surface area contributed by atoms with Gasteiger partial charge in [0, 0.05) is 12.0 Å². The van der Waals surface area contributed by atoms with Gasteiger partial charge in [0.2, 0.25) is 0 Å². The second kappa shape index (κ2) is 5.20. The molecule has 0 aliphatic carbocycles. The van der Waals surface area contributed by atoms with Gasteiger partial charge in [-0.15, -0.1) is 0 Å². The van der Waals surface area contributed by atoms with E-state index in [1.807, 2.05) is 18.2 Å². The molecule has 3 heteroatoms. The van der Waals surface area contributed by atoms with Crippen LogP contribution in [0.3, 0.4) is 0 Å². The predicted molar refractivity (Wildman–Crippen MR) is 67.8 cm³/mol. The van der Waals surface area contributed by atoms with Crippen molar-refractivity contribution in [2.24, 2.45) is 5.73 Å². The zero-order chi connectivity index (χ0) is 11.5. The van der Waals surface area contributed by atoms with E-state index in [2.05, 4.69) is 13.8 Å². The third kappa shape index (κ3) is 2.47. The minimum absolute atomic E-state index is 0.0359. The second-order valence-electron chi connectivity index (χ2n) is 3.82. The molecule has 0 atom stereocenters. The van der Waals surface area contributed by atoms with Gasteiger partial charge in [0.05, 0.1) is 10.0 Å². The fraction of sp³-hybridized carbons (Fsp3) is 0.500. The Labute approximate surface area is 102 Å². The van der Waals surface area contributed by atoms with Crippen molar-refractivity contribution in [1.29, 1.82) is 0 Å². The minimum Gasteiger partial charge on any atom is -0.330 e. The molecule has 1 nitrogen and oxygen atoms in total. The zero-order valence-electron chi connectivity index (χ0n) is 9.19. The Bertz CT molecular complexity index is 324. The van der Waals surface area contributed by atoms with Crippen molar-refractivity contribution in [1.82, 2.24) is 0 Å². The molecule has 1 aromatic carbocycles. The minimum atomic E-state index is 0.0359. The summed E-state index contributed by atoms with van der Waals surface area (Å²) < 4.78 is 0. The number of nitrogens with two attached hydrogens (primary N) is 1. The highest BCUT2D eigenvalue weighted by atomic mass is 35.5. The van der Waals surface area contributed by atoms with Crippen LogP contribution in [0.2, 0.25) is 10.0 Å². The molecule has 0 amide bonds. The Morgan fingerprint density at radius 2 is 1.73 bits per heavy atom. The van der Waals surface area contributed by atoms with Gasteiger partial charge in [-0.1, -0.05) is 43.1 Å². The summed E-state index contributed by atoms with van der Waals surface area (Å²) in [4.78, 5) is 0. The first-order valence-corrected chi connectivity index (χ1v) is 6.01. The van der Waals surface area contributed by atoms with E-state index >= 15 is 0 Å². The molecule has 2 N–H and O–H groups in total. The molecular formula is C12H17Cl2N. The van der Waals surface area contributed by atoms with Gasteiger partial charge in [-0.2, -0.15) is 0 Å². The summed E-state index contributed by atoms with van der Waals surface area (Å²) in [6, 6.07) is 5.80. The molecule has 0 radical (unpaired) electrons. The summed E-state index contributed by atoms with van der Waals surface area (Å²) in [5.74, 6) is 0. The van der Waals surface area contributed by atoms with Crippen LogP contribution in [0.15, 0.2) is 18.2 Å². The van der Waals surface area contributed by atoms with E-state index in [4.69, 9.17) is 28.9 Å². The lowest BCUT2D eigenvalue weighted by molar-refractivity contribution is 0.407. The van der Waals surface area contributed by atoms with Crippen LogP contribution < -0.4 is 5.73 Å². The third-order valence-corrected chi connectivity index (χ3v) is 4.02. The largest absolute Gasteiger partial charge is 0.330 e. The lowest BCUT2D eigenvalue weighted by Gasteiger charge is -2.31. The van der Waals surface area contributed by atoms with Crippen molar-refractivity contribution in [2.75, 3.05) is 6.54 Å². The molecule has 0 aliphatic rings. The van der Waals surface area contributed by atoms with E-state index < -0.39 is 0 Å². The smallest absolute Gasteiger partial charge is 0.0595 e. The highest BCUT2D eigenvalue weighted by Gasteiger charge is 2.26. The number of rotatable bonds is 4.